The van der Waals surface area contributed by atoms with Crippen LogP contribution in [0.1, 0.15) is 33.6 Å². The molecule has 0 bridgehead atoms. The maximum absolute atomic E-state index is 12.2. The number of carbonyl (C=O) groups excluding carboxylic acids is 4. The Kier molecular flexibility index (Phi) is 26.3. The Morgan fingerprint density at radius 1 is 0.475 bits per heavy atom. The van der Waals surface area contributed by atoms with Crippen LogP contribution in [0.2, 0.25) is 0 Å². The molecule has 0 fully saturated rings. The quantitative estimate of drug-likeness (QED) is 0.0122. The molecule has 0 atom stereocenters. The summed E-state index contributed by atoms with van der Waals surface area (Å²) in [5.74, 6) is -14.1. The van der Waals surface area contributed by atoms with E-state index in [1.54, 1.807) is 17.5 Å². The van der Waals surface area contributed by atoms with Gasteiger partial charge in [0.05, 0.1) is 51.3 Å². The molecule has 8 rings (SSSR count). The first-order valence-corrected chi connectivity index (χ1v) is 27.9. The number of hydrogen-bond acceptors (Lipinski definition) is 37. The molecule has 4 aromatic heterocycles. The molecule has 101 heavy (non-hydrogen) atoms. The van der Waals surface area contributed by atoms with Gasteiger partial charge in [-0.05, 0) is 36.4 Å². The standard InChI is InChI=1S/C16H13N5O6.C15H11N5O6.C13H8N4O6S.C12H7N5O6S/c1-27-13-5-9(4-12(15(13)23)21(25)26)14(22)11(6-17)16(24)19-7-10-2-3-18-8-20-10;16-5-10(15(24)18-6-9-1-2-17-7-19-9)13(22)8-3-11(20(25)26)14(23)12(21)4-8;14-5-7(12(21)16-13-15-1-2-24-13)10(19)6-3-8(17(22)23)11(20)9(18)4-6;13-3-6(11(21)16-12-14-4-15-24-12)9(19)5-1-7(17(22)23)10(20)8(18)2-5/h2-5,8,22-23H,7H2,1H3,(H,19,24);1-4,7,21-23H,6H2,(H,18,24);1-4,18-20H,(H,15,16,21);1-2,4,18-20H,(H,14,15,16,21)/b14-11-;13-10-;10-7-;9-6-. The number of nitriles is 4. The summed E-state index contributed by atoms with van der Waals surface area (Å²) in [4.78, 5) is 111. The minimum atomic E-state index is -1.03. The van der Waals surface area contributed by atoms with Gasteiger partial charge < -0.3 is 71.5 Å². The number of hydrogen-bond donors (Lipinski definition) is 15. The summed E-state index contributed by atoms with van der Waals surface area (Å²) in [5.41, 5.74) is -6.89. The SMILES string of the molecule is COc1cc(/C(O)=C(\C#N)C(=O)NCc2ccncn2)cc([N+](=O)[O-])c1O.N#C/C(C(=O)NCc1ccncn1)=C(/O)c1cc(O)c(O)c([N+](=O)[O-])c1.N#C/C(C(=O)Nc1nccs1)=C(/O)c1cc(O)c(O)c([N+](=O)[O-])c1.N#C/C(C(=O)Nc1ncns1)=C(/O)c1cc(O)c(O)c([N+](=O)[O-])c1. The molecular weight excluding hydrogens is 1390 g/mol. The van der Waals surface area contributed by atoms with Crippen LogP contribution in [-0.4, -0.2) is 141 Å². The van der Waals surface area contributed by atoms with E-state index in [9.17, 15) is 121 Å². The third-order valence-corrected chi connectivity index (χ3v) is 13.3. The number of ether oxygens (including phenoxy) is 1. The predicted molar refractivity (Wildman–Crippen MR) is 338 cm³/mol. The number of nitrogens with zero attached hydrogens (tertiary/aromatic N) is 15. The first-order chi connectivity index (χ1) is 47.9. The fourth-order valence-electron chi connectivity index (χ4n) is 7.28. The van der Waals surface area contributed by atoms with Crippen LogP contribution < -0.4 is 26.0 Å². The van der Waals surface area contributed by atoms with Gasteiger partial charge >= 0.3 is 22.7 Å². The third kappa shape index (κ3) is 19.7. The highest BCUT2D eigenvalue weighted by Gasteiger charge is 2.29. The van der Waals surface area contributed by atoms with Crippen molar-refractivity contribution in [3.05, 3.63) is 200 Å². The molecule has 4 aromatic carbocycles. The van der Waals surface area contributed by atoms with Crippen LogP contribution in [0.5, 0.6) is 46.0 Å². The van der Waals surface area contributed by atoms with Crippen LogP contribution in [0.15, 0.2) is 126 Å². The topological polar surface area (TPSA) is 706 Å². The van der Waals surface area contributed by atoms with Crippen LogP contribution in [-0.2, 0) is 32.3 Å². The van der Waals surface area contributed by atoms with Crippen molar-refractivity contribution in [3.63, 3.8) is 0 Å². The predicted octanol–water partition coefficient (Wildman–Crippen LogP) is 5.30. The van der Waals surface area contributed by atoms with Gasteiger partial charge in [0, 0.05) is 82.0 Å². The second-order valence-corrected chi connectivity index (χ2v) is 19.9. The second kappa shape index (κ2) is 34.9. The van der Waals surface area contributed by atoms with E-state index in [1.165, 1.54) is 55.5 Å². The molecular formula is C56H39N19O24S2. The molecule has 8 aromatic rings. The lowest BCUT2D eigenvalue weighted by Gasteiger charge is -2.09. The molecule has 45 heteroatoms. The van der Waals surface area contributed by atoms with Crippen molar-refractivity contribution >= 4 is 103 Å². The van der Waals surface area contributed by atoms with Gasteiger partial charge in [-0.3, -0.25) is 70.3 Å². The van der Waals surface area contributed by atoms with Gasteiger partial charge in [0.2, 0.25) is 28.1 Å². The largest absolute Gasteiger partial charge is 0.506 e. The molecule has 0 aliphatic rings. The average Bonchev–Trinajstić information content (AvgIpc) is 1.14. The first kappa shape index (κ1) is 75.9. The number of thiazole rings is 1. The molecule has 0 radical (unpaired) electrons. The van der Waals surface area contributed by atoms with Gasteiger partial charge in [0.1, 0.15) is 66.3 Å². The van der Waals surface area contributed by atoms with Crippen molar-refractivity contribution in [2.75, 3.05) is 17.7 Å². The molecule has 4 heterocycles. The lowest BCUT2D eigenvalue weighted by molar-refractivity contribution is -0.386. The molecule has 0 aliphatic carbocycles. The van der Waals surface area contributed by atoms with E-state index in [-0.39, 0.29) is 45.8 Å². The number of carbonyl (C=O) groups is 4. The lowest BCUT2D eigenvalue weighted by Crippen LogP contribution is -2.25. The molecule has 0 unspecified atom stereocenters. The zero-order valence-electron chi connectivity index (χ0n) is 50.0. The number of nitrogens with one attached hydrogen (secondary N) is 4. The third-order valence-electron chi connectivity index (χ3n) is 12.0. The Morgan fingerprint density at radius 3 is 1.12 bits per heavy atom. The smallest absolute Gasteiger partial charge is 0.315 e. The molecule has 0 aliphatic heterocycles. The monoisotopic (exact) mass is 1430 g/mol. The zero-order chi connectivity index (χ0) is 74.9. The summed E-state index contributed by atoms with van der Waals surface area (Å²) in [6.07, 6.45) is 8.04. The summed E-state index contributed by atoms with van der Waals surface area (Å²) in [5, 5.41) is 198. The lowest BCUT2D eigenvalue weighted by atomic mass is 10.1. The number of phenols is 7. The van der Waals surface area contributed by atoms with Crippen LogP contribution in [0.4, 0.5) is 33.0 Å². The number of anilines is 2. The summed E-state index contributed by atoms with van der Waals surface area (Å²) >= 11 is 1.91. The van der Waals surface area contributed by atoms with Crippen molar-refractivity contribution in [2.45, 2.75) is 13.1 Å². The van der Waals surface area contributed by atoms with E-state index in [0.29, 0.717) is 17.5 Å². The number of aliphatic hydroxyl groups is 4. The van der Waals surface area contributed by atoms with Gasteiger partial charge in [0.15, 0.2) is 50.4 Å². The van der Waals surface area contributed by atoms with E-state index in [2.05, 4.69) is 55.5 Å². The maximum Gasteiger partial charge on any atom is 0.315 e. The fourth-order valence-corrected chi connectivity index (χ4v) is 8.23. The Hall–Kier alpha value is -15.8. The normalized spacial score (nSPS) is 11.2. The summed E-state index contributed by atoms with van der Waals surface area (Å²) in [7, 11) is 1.16. The number of phenolic OH excluding ortho intramolecular Hbond substituents is 7. The molecule has 4 amide bonds. The van der Waals surface area contributed by atoms with Gasteiger partial charge in [-0.2, -0.15) is 25.4 Å². The number of rotatable bonds is 19. The number of nitro benzene ring substituents is 4. The Bertz CT molecular complexity index is 4730. The highest BCUT2D eigenvalue weighted by Crippen LogP contribution is 2.42. The molecule has 43 nitrogen and oxygen atoms in total. The molecule has 514 valence electrons. The van der Waals surface area contributed by atoms with Gasteiger partial charge in [-0.1, -0.05) is 0 Å². The zero-order valence-corrected chi connectivity index (χ0v) is 51.6. The number of amides is 4. The van der Waals surface area contributed by atoms with Crippen LogP contribution >= 0.6 is 22.9 Å². The molecule has 0 saturated carbocycles. The van der Waals surface area contributed by atoms with Gasteiger partial charge in [0.25, 0.3) is 23.6 Å². The second-order valence-electron chi connectivity index (χ2n) is 18.3. The van der Waals surface area contributed by atoms with Gasteiger partial charge in [-0.25, -0.2) is 29.9 Å². The minimum absolute atomic E-state index is 0.0289. The van der Waals surface area contributed by atoms with Crippen LogP contribution in [0.25, 0.3) is 23.0 Å². The minimum Gasteiger partial charge on any atom is -0.506 e. The molecule has 0 saturated heterocycles. The Balaban J connectivity index is 0.000000243. The van der Waals surface area contributed by atoms with E-state index in [1.807, 2.05) is 0 Å². The van der Waals surface area contributed by atoms with Crippen molar-refractivity contribution in [2.24, 2.45) is 0 Å². The Labute approximate surface area is 567 Å². The van der Waals surface area contributed by atoms with E-state index in [4.69, 9.17) is 20.5 Å². The van der Waals surface area contributed by atoms with E-state index >= 15 is 0 Å². The van der Waals surface area contributed by atoms with Crippen LogP contribution in [0.3, 0.4) is 0 Å². The summed E-state index contributed by atoms with van der Waals surface area (Å²) in [6, 6.07) is 15.4. The number of nitro groups is 4. The van der Waals surface area contributed by atoms with E-state index < -0.39 is 157 Å². The summed E-state index contributed by atoms with van der Waals surface area (Å²) in [6.45, 7) is -0.0837. The number of aromatic nitrogens is 7. The number of aromatic hydroxyl groups is 7. The molecule has 15 N–H and O–H groups in total. The molecule has 0 spiro atoms. The summed E-state index contributed by atoms with van der Waals surface area (Å²) < 4.78 is 8.45. The van der Waals surface area contributed by atoms with Crippen molar-refractivity contribution in [1.29, 1.82) is 21.0 Å². The Morgan fingerprint density at radius 2 is 0.822 bits per heavy atom. The number of benzene rings is 4. The number of aliphatic hydroxyl groups excluding tert-OH is 4. The van der Waals surface area contributed by atoms with Gasteiger partial charge in [-0.15, -0.1) is 11.3 Å². The fraction of sp³-hybridized carbons (Fsp3) is 0.0536. The maximum atomic E-state index is 12.2. The van der Waals surface area contributed by atoms with Crippen molar-refractivity contribution < 1.29 is 99.8 Å². The highest BCUT2D eigenvalue weighted by atomic mass is 32.1. The van der Waals surface area contributed by atoms with Crippen molar-refractivity contribution in [3.8, 4) is 70.3 Å². The highest BCUT2D eigenvalue weighted by molar-refractivity contribution is 7.13. The van der Waals surface area contributed by atoms with Crippen LogP contribution in [0, 0.1) is 85.8 Å². The van der Waals surface area contributed by atoms with E-state index in [0.717, 1.165) is 78.8 Å². The average molecular weight is 1430 g/mol. The number of methoxy groups -OCH3 is 1. The first-order valence-electron chi connectivity index (χ1n) is 26.3. The van der Waals surface area contributed by atoms with Crippen molar-refractivity contribution in [1.82, 2.24) is 44.9 Å².